The fourth-order valence-electron chi connectivity index (χ4n) is 1.11. The Balaban J connectivity index is 2.91. The van der Waals surface area contributed by atoms with Gasteiger partial charge in [0.25, 0.3) is 6.86 Å². The number of carboxylic acids is 1. The summed E-state index contributed by atoms with van der Waals surface area (Å²) in [4.78, 5) is 16.5. The number of carbonyl (C=O) groups is 1. The Bertz CT molecular complexity index is 336. The van der Waals surface area contributed by atoms with Gasteiger partial charge in [-0.25, -0.2) is 9.18 Å². The zero-order valence-electron chi connectivity index (χ0n) is 8.46. The van der Waals surface area contributed by atoms with Crippen molar-refractivity contribution in [3.63, 3.8) is 0 Å². The minimum absolute atomic E-state index is 0.0842. The zero-order chi connectivity index (χ0) is 12.1. The largest absolute Gasteiger partial charge is 0.476 e. The average Bonchev–Trinajstić information content (AvgIpc) is 2.60. The van der Waals surface area contributed by atoms with Gasteiger partial charge < -0.3 is 20.6 Å². The highest BCUT2D eigenvalue weighted by atomic mass is 32.2. The summed E-state index contributed by atoms with van der Waals surface area (Å²) in [7, 11) is 0. The third-order valence-corrected chi connectivity index (χ3v) is 2.53. The summed E-state index contributed by atoms with van der Waals surface area (Å²) in [6.07, 6.45) is 0. The van der Waals surface area contributed by atoms with Crippen LogP contribution in [-0.2, 0) is 9.63 Å². The van der Waals surface area contributed by atoms with Crippen LogP contribution in [0.25, 0.3) is 0 Å². The van der Waals surface area contributed by atoms with Crippen molar-refractivity contribution in [1.29, 1.82) is 0 Å². The van der Waals surface area contributed by atoms with E-state index in [4.69, 9.17) is 10.8 Å². The Kier molecular flexibility index (Phi) is 4.50. The molecular formula is C7H11FN4O3S. The van der Waals surface area contributed by atoms with Crippen molar-refractivity contribution >= 4 is 29.5 Å². The first-order valence-electron chi connectivity index (χ1n) is 4.37. The second kappa shape index (κ2) is 5.66. The molecule has 1 aliphatic heterocycles. The lowest BCUT2D eigenvalue weighted by Crippen LogP contribution is -2.44. The fraction of sp³-hybridized carbons (Fsp3) is 0.571. The summed E-state index contributed by atoms with van der Waals surface area (Å²) in [6, 6.07) is 0. The van der Waals surface area contributed by atoms with E-state index in [1.54, 1.807) is 6.92 Å². The average molecular weight is 250 g/mol. The molecule has 0 aromatic heterocycles. The van der Waals surface area contributed by atoms with Crippen LogP contribution in [0.4, 0.5) is 4.39 Å². The summed E-state index contributed by atoms with van der Waals surface area (Å²) < 4.78 is 15.6. The molecule has 0 aromatic carbocycles. The zero-order valence-corrected chi connectivity index (χ0v) is 9.28. The second-order valence-electron chi connectivity index (χ2n) is 2.68. The molecule has 0 amide bonds. The quantitative estimate of drug-likeness (QED) is 0.404. The number of aliphatic carboxylic acids is 1. The first-order chi connectivity index (χ1) is 7.61. The van der Waals surface area contributed by atoms with Crippen LogP contribution in [0.15, 0.2) is 9.55 Å². The van der Waals surface area contributed by atoms with E-state index in [1.165, 1.54) is 4.90 Å². The molecule has 3 N–H and O–H groups in total. The Hall–Kier alpha value is -1.35. The standard InChI is InChI=1S/C7H11FN4O3S/c1-2-12-5(11-16-7(12)9)4(6(13)14)10-15-3-8/h7H,2-3,9H2,1H3,(H,13,14). The number of halogens is 1. The third kappa shape index (κ3) is 2.61. The Labute approximate surface area is 95.3 Å². The summed E-state index contributed by atoms with van der Waals surface area (Å²) >= 11 is 1.02. The Morgan fingerprint density at radius 3 is 3.06 bits per heavy atom. The molecule has 0 bridgehead atoms. The molecule has 0 spiro atoms. The van der Waals surface area contributed by atoms with Crippen molar-refractivity contribution in [2.24, 2.45) is 15.3 Å². The summed E-state index contributed by atoms with van der Waals surface area (Å²) in [5, 5.41) is 12.0. The summed E-state index contributed by atoms with van der Waals surface area (Å²) in [5.41, 5.74) is 4.74. The lowest BCUT2D eigenvalue weighted by molar-refractivity contribution is -0.129. The molecule has 90 valence electrons. The molecule has 1 aliphatic rings. The number of hydrogen-bond acceptors (Lipinski definition) is 7. The molecule has 0 aliphatic carbocycles. The van der Waals surface area contributed by atoms with Crippen molar-refractivity contribution in [2.75, 3.05) is 13.4 Å². The molecule has 16 heavy (non-hydrogen) atoms. The molecule has 1 rings (SSSR count). The fourth-order valence-corrected chi connectivity index (χ4v) is 1.87. The summed E-state index contributed by atoms with van der Waals surface area (Å²) in [5.74, 6) is -1.26. The van der Waals surface area contributed by atoms with E-state index >= 15 is 0 Å². The number of alkyl halides is 1. The predicted octanol–water partition coefficient (Wildman–Crippen LogP) is -0.00490. The lowest BCUT2D eigenvalue weighted by Gasteiger charge is -2.21. The van der Waals surface area contributed by atoms with Crippen molar-refractivity contribution in [1.82, 2.24) is 4.90 Å². The molecule has 9 heteroatoms. The van der Waals surface area contributed by atoms with E-state index in [0.717, 1.165) is 11.9 Å². The van der Waals surface area contributed by atoms with Gasteiger partial charge in [0.05, 0.1) is 0 Å². The van der Waals surface area contributed by atoms with Crippen LogP contribution in [0, 0.1) is 0 Å². The van der Waals surface area contributed by atoms with Gasteiger partial charge in [-0.1, -0.05) is 5.16 Å². The number of carboxylic acid groups (broad SMARTS) is 1. The summed E-state index contributed by atoms with van der Waals surface area (Å²) in [6.45, 7) is 1.06. The van der Waals surface area contributed by atoms with Crippen molar-refractivity contribution in [2.45, 2.75) is 12.4 Å². The molecule has 7 nitrogen and oxygen atoms in total. The maximum absolute atomic E-state index is 11.8. The molecule has 0 saturated heterocycles. The predicted molar refractivity (Wildman–Crippen MR) is 57.5 cm³/mol. The minimum atomic E-state index is -1.35. The van der Waals surface area contributed by atoms with Gasteiger partial charge in [0, 0.05) is 18.5 Å². The molecule has 0 aromatic rings. The maximum atomic E-state index is 11.8. The van der Waals surface area contributed by atoms with E-state index in [2.05, 4.69) is 14.4 Å². The molecular weight excluding hydrogens is 239 g/mol. The Morgan fingerprint density at radius 2 is 2.56 bits per heavy atom. The molecule has 0 saturated carbocycles. The van der Waals surface area contributed by atoms with Gasteiger partial charge in [-0.2, -0.15) is 4.40 Å². The van der Waals surface area contributed by atoms with Gasteiger partial charge >= 0.3 is 5.97 Å². The highest BCUT2D eigenvalue weighted by Gasteiger charge is 2.32. The van der Waals surface area contributed by atoms with Crippen LogP contribution in [0.1, 0.15) is 6.92 Å². The first kappa shape index (κ1) is 12.7. The van der Waals surface area contributed by atoms with E-state index in [0.29, 0.717) is 6.54 Å². The third-order valence-electron chi connectivity index (χ3n) is 1.79. The van der Waals surface area contributed by atoms with Crippen LogP contribution < -0.4 is 5.73 Å². The van der Waals surface area contributed by atoms with E-state index < -0.39 is 24.0 Å². The molecule has 1 atom stereocenters. The van der Waals surface area contributed by atoms with E-state index in [-0.39, 0.29) is 5.84 Å². The number of oxime groups is 1. The van der Waals surface area contributed by atoms with E-state index in [9.17, 15) is 9.18 Å². The smallest absolute Gasteiger partial charge is 0.361 e. The number of hydrogen-bond donors (Lipinski definition) is 2. The van der Waals surface area contributed by atoms with Crippen LogP contribution >= 0.6 is 11.9 Å². The highest BCUT2D eigenvalue weighted by Crippen LogP contribution is 2.22. The number of nitrogens with zero attached hydrogens (tertiary/aromatic N) is 3. The number of nitrogens with two attached hydrogens (primary N) is 1. The SMILES string of the molecule is CCN1C(C(=NOCF)C(=O)O)=NSC1N. The van der Waals surface area contributed by atoms with Gasteiger partial charge in [-0.3, -0.25) is 0 Å². The van der Waals surface area contributed by atoms with Gasteiger partial charge in [0.2, 0.25) is 5.71 Å². The van der Waals surface area contributed by atoms with Crippen LogP contribution in [0.5, 0.6) is 0 Å². The van der Waals surface area contributed by atoms with Crippen LogP contribution in [0.2, 0.25) is 0 Å². The van der Waals surface area contributed by atoms with Gasteiger partial charge in [-0.15, -0.1) is 0 Å². The molecule has 0 radical (unpaired) electrons. The maximum Gasteiger partial charge on any atom is 0.361 e. The lowest BCUT2D eigenvalue weighted by atomic mass is 10.3. The molecule has 1 unspecified atom stereocenters. The van der Waals surface area contributed by atoms with Crippen LogP contribution in [0.3, 0.4) is 0 Å². The molecule has 1 heterocycles. The van der Waals surface area contributed by atoms with Gasteiger partial charge in [0.1, 0.15) is 5.50 Å². The van der Waals surface area contributed by atoms with Gasteiger partial charge in [0.15, 0.2) is 5.84 Å². The van der Waals surface area contributed by atoms with E-state index in [1.807, 2.05) is 0 Å². The topological polar surface area (TPSA) is 101 Å². The number of rotatable bonds is 5. The van der Waals surface area contributed by atoms with Gasteiger partial charge in [-0.05, 0) is 6.92 Å². The van der Waals surface area contributed by atoms with Crippen molar-refractivity contribution < 1.29 is 19.1 Å². The van der Waals surface area contributed by atoms with Crippen molar-refractivity contribution in [3.8, 4) is 0 Å². The second-order valence-corrected chi connectivity index (χ2v) is 3.56. The Morgan fingerprint density at radius 1 is 1.88 bits per heavy atom. The number of amidine groups is 1. The molecule has 0 fully saturated rings. The van der Waals surface area contributed by atoms with Crippen LogP contribution in [-0.4, -0.2) is 46.4 Å². The van der Waals surface area contributed by atoms with Crippen molar-refractivity contribution in [3.05, 3.63) is 0 Å². The normalized spacial score (nSPS) is 20.9. The first-order valence-corrected chi connectivity index (χ1v) is 5.21. The highest BCUT2D eigenvalue weighted by molar-refractivity contribution is 7.99. The monoisotopic (exact) mass is 250 g/mol. The minimum Gasteiger partial charge on any atom is -0.476 e.